The van der Waals surface area contributed by atoms with Crippen LogP contribution in [-0.4, -0.2) is 25.6 Å². The molecule has 2 rings (SSSR count). The molecule has 0 bridgehead atoms. The van der Waals surface area contributed by atoms with Crippen molar-refractivity contribution in [3.05, 3.63) is 47.0 Å². The number of benzene rings is 1. The first-order chi connectivity index (χ1) is 9.67. The van der Waals surface area contributed by atoms with Gasteiger partial charge in [0.1, 0.15) is 0 Å². The molecule has 0 spiro atoms. The first kappa shape index (κ1) is 14.6. The van der Waals surface area contributed by atoms with Gasteiger partial charge in [-0.1, -0.05) is 41.5 Å². The molecule has 0 fully saturated rings. The number of aliphatic imine (C=N–C) groups is 1. The minimum Gasteiger partial charge on any atom is -0.356 e. The van der Waals surface area contributed by atoms with Crippen molar-refractivity contribution in [3.8, 4) is 0 Å². The Labute approximate surface area is 122 Å². The lowest BCUT2D eigenvalue weighted by Gasteiger charge is -2.17. The van der Waals surface area contributed by atoms with Gasteiger partial charge in [-0.15, -0.1) is 0 Å². The molecule has 0 saturated carbocycles. The fourth-order valence-electron chi connectivity index (χ4n) is 2.66. The van der Waals surface area contributed by atoms with Crippen LogP contribution in [0.3, 0.4) is 0 Å². The summed E-state index contributed by atoms with van der Waals surface area (Å²) in [6, 6.07) is 7.23. The number of hydrogen-bond donors (Lipinski definition) is 2. The molecule has 108 valence electrons. The minimum atomic E-state index is 0.502. The second kappa shape index (κ2) is 7.13. The number of guanidine groups is 1. The van der Waals surface area contributed by atoms with Crippen LogP contribution in [0.5, 0.6) is 0 Å². The lowest BCUT2D eigenvalue weighted by atomic mass is 10.1. The van der Waals surface area contributed by atoms with Gasteiger partial charge in [-0.25, -0.2) is 0 Å². The van der Waals surface area contributed by atoms with Crippen LogP contribution in [0.1, 0.15) is 29.5 Å². The van der Waals surface area contributed by atoms with Gasteiger partial charge in [-0.3, -0.25) is 4.99 Å². The lowest BCUT2D eigenvalue weighted by molar-refractivity contribution is 0.633. The summed E-state index contributed by atoms with van der Waals surface area (Å²) in [6.07, 6.45) is 7.66. The largest absolute Gasteiger partial charge is 0.356 e. The van der Waals surface area contributed by atoms with Crippen molar-refractivity contribution in [1.82, 2.24) is 10.6 Å². The van der Waals surface area contributed by atoms with E-state index in [1.54, 1.807) is 0 Å². The fraction of sp³-hybridized carbons (Fsp3) is 0.471. The zero-order valence-electron chi connectivity index (χ0n) is 12.7. The molecule has 1 aliphatic rings. The number of nitrogens with one attached hydrogen (secondary N) is 2. The van der Waals surface area contributed by atoms with Gasteiger partial charge >= 0.3 is 0 Å². The molecule has 0 amide bonds. The first-order valence-electron chi connectivity index (χ1n) is 7.36. The molecule has 0 radical (unpaired) electrons. The van der Waals surface area contributed by atoms with E-state index in [0.29, 0.717) is 6.04 Å². The summed E-state index contributed by atoms with van der Waals surface area (Å²) in [5, 5.41) is 6.85. The van der Waals surface area contributed by atoms with Gasteiger partial charge in [0.2, 0.25) is 0 Å². The van der Waals surface area contributed by atoms with E-state index in [9.17, 15) is 0 Å². The van der Waals surface area contributed by atoms with Crippen molar-refractivity contribution in [3.63, 3.8) is 0 Å². The molecule has 1 aromatic rings. The van der Waals surface area contributed by atoms with Crippen LogP contribution in [0, 0.1) is 13.8 Å². The Morgan fingerprint density at radius 1 is 1.15 bits per heavy atom. The van der Waals surface area contributed by atoms with Crippen LogP contribution in [0.15, 0.2) is 35.3 Å². The molecule has 0 heterocycles. The average Bonchev–Trinajstić information content (AvgIpc) is 2.89. The van der Waals surface area contributed by atoms with E-state index in [4.69, 9.17) is 0 Å². The van der Waals surface area contributed by atoms with E-state index in [0.717, 1.165) is 31.8 Å². The summed E-state index contributed by atoms with van der Waals surface area (Å²) >= 11 is 0. The maximum atomic E-state index is 4.28. The van der Waals surface area contributed by atoms with E-state index < -0.39 is 0 Å². The van der Waals surface area contributed by atoms with Crippen molar-refractivity contribution >= 4 is 5.96 Å². The van der Waals surface area contributed by atoms with Crippen molar-refractivity contribution < 1.29 is 0 Å². The summed E-state index contributed by atoms with van der Waals surface area (Å²) in [5.74, 6) is 0.906. The predicted molar refractivity (Wildman–Crippen MR) is 86.3 cm³/mol. The predicted octanol–water partition coefficient (Wildman–Crippen LogP) is 2.73. The molecule has 2 N–H and O–H groups in total. The van der Waals surface area contributed by atoms with Crippen LogP contribution in [0.4, 0.5) is 0 Å². The Balaban J connectivity index is 1.78. The van der Waals surface area contributed by atoms with Crippen LogP contribution in [0.2, 0.25) is 0 Å². The molecular weight excluding hydrogens is 246 g/mol. The van der Waals surface area contributed by atoms with Crippen LogP contribution >= 0.6 is 0 Å². The van der Waals surface area contributed by atoms with E-state index >= 15 is 0 Å². The van der Waals surface area contributed by atoms with E-state index in [1.807, 2.05) is 7.05 Å². The SMILES string of the molecule is CN=C(NCCc1cc(C)cc(C)c1)NC1CC=CC1. The van der Waals surface area contributed by atoms with Gasteiger partial charge < -0.3 is 10.6 Å². The summed E-state index contributed by atoms with van der Waals surface area (Å²) < 4.78 is 0. The Morgan fingerprint density at radius 3 is 2.40 bits per heavy atom. The van der Waals surface area contributed by atoms with Crippen LogP contribution < -0.4 is 10.6 Å². The Kier molecular flexibility index (Phi) is 5.22. The van der Waals surface area contributed by atoms with E-state index in [-0.39, 0.29) is 0 Å². The molecule has 0 aromatic heterocycles. The second-order valence-electron chi connectivity index (χ2n) is 5.53. The van der Waals surface area contributed by atoms with E-state index in [2.05, 4.69) is 59.8 Å². The van der Waals surface area contributed by atoms with E-state index in [1.165, 1.54) is 16.7 Å². The highest BCUT2D eigenvalue weighted by atomic mass is 15.2. The molecule has 0 atom stereocenters. The number of hydrogen-bond acceptors (Lipinski definition) is 1. The highest BCUT2D eigenvalue weighted by Gasteiger charge is 2.11. The molecule has 3 heteroatoms. The smallest absolute Gasteiger partial charge is 0.191 e. The van der Waals surface area contributed by atoms with Gasteiger partial charge in [-0.2, -0.15) is 0 Å². The van der Waals surface area contributed by atoms with Crippen molar-refractivity contribution in [2.24, 2.45) is 4.99 Å². The quantitative estimate of drug-likeness (QED) is 0.502. The summed E-state index contributed by atoms with van der Waals surface area (Å²) in [6.45, 7) is 5.21. The number of rotatable bonds is 4. The molecule has 0 saturated heterocycles. The van der Waals surface area contributed by atoms with Gasteiger partial charge in [-0.05, 0) is 38.7 Å². The molecule has 20 heavy (non-hydrogen) atoms. The fourth-order valence-corrected chi connectivity index (χ4v) is 2.66. The Hall–Kier alpha value is -1.77. The highest BCUT2D eigenvalue weighted by Crippen LogP contribution is 2.10. The average molecular weight is 271 g/mol. The van der Waals surface area contributed by atoms with Gasteiger partial charge in [0.25, 0.3) is 0 Å². The van der Waals surface area contributed by atoms with Crippen molar-refractivity contribution in [2.75, 3.05) is 13.6 Å². The van der Waals surface area contributed by atoms with Crippen molar-refractivity contribution in [2.45, 2.75) is 39.2 Å². The van der Waals surface area contributed by atoms with Crippen LogP contribution in [0.25, 0.3) is 0 Å². The summed E-state index contributed by atoms with van der Waals surface area (Å²) in [7, 11) is 1.83. The third-order valence-corrected chi connectivity index (χ3v) is 3.56. The Morgan fingerprint density at radius 2 is 1.80 bits per heavy atom. The monoisotopic (exact) mass is 271 g/mol. The first-order valence-corrected chi connectivity index (χ1v) is 7.36. The minimum absolute atomic E-state index is 0.502. The van der Waals surface area contributed by atoms with Gasteiger partial charge in [0, 0.05) is 19.6 Å². The highest BCUT2D eigenvalue weighted by molar-refractivity contribution is 5.80. The molecule has 1 aliphatic carbocycles. The van der Waals surface area contributed by atoms with Crippen molar-refractivity contribution in [1.29, 1.82) is 0 Å². The van der Waals surface area contributed by atoms with Gasteiger partial charge in [0.15, 0.2) is 5.96 Å². The zero-order chi connectivity index (χ0) is 14.4. The third-order valence-electron chi connectivity index (χ3n) is 3.56. The third kappa shape index (κ3) is 4.41. The second-order valence-corrected chi connectivity index (χ2v) is 5.53. The molecule has 3 nitrogen and oxygen atoms in total. The van der Waals surface area contributed by atoms with Crippen LogP contribution in [-0.2, 0) is 6.42 Å². The number of aryl methyl sites for hydroxylation is 2. The molecule has 0 unspecified atom stereocenters. The molecule has 0 aliphatic heterocycles. The number of nitrogens with zero attached hydrogens (tertiary/aromatic N) is 1. The topological polar surface area (TPSA) is 36.4 Å². The van der Waals surface area contributed by atoms with Gasteiger partial charge in [0.05, 0.1) is 0 Å². The standard InChI is InChI=1S/C17H25N3/c1-13-10-14(2)12-15(11-13)8-9-19-17(18-3)20-16-6-4-5-7-16/h4-5,10-12,16H,6-9H2,1-3H3,(H2,18,19,20). The summed E-state index contributed by atoms with van der Waals surface area (Å²) in [5.41, 5.74) is 4.05. The normalized spacial score (nSPS) is 15.7. The maximum Gasteiger partial charge on any atom is 0.191 e. The lowest BCUT2D eigenvalue weighted by Crippen LogP contribution is -2.43. The maximum absolute atomic E-state index is 4.28. The summed E-state index contributed by atoms with van der Waals surface area (Å²) in [4.78, 5) is 4.28. The Bertz CT molecular complexity index is 475. The zero-order valence-corrected chi connectivity index (χ0v) is 12.7. The molecule has 1 aromatic carbocycles. The molecular formula is C17H25N3.